The molecule has 2 atom stereocenters. The fraction of sp³-hybridized carbons (Fsp3) is 0.474. The normalized spacial score (nSPS) is 18.2. The molecule has 1 saturated heterocycles. The number of benzene rings is 1. The van der Waals surface area contributed by atoms with E-state index in [9.17, 15) is 23.1 Å². The predicted molar refractivity (Wildman–Crippen MR) is 97.1 cm³/mol. The van der Waals surface area contributed by atoms with Gasteiger partial charge in [-0.3, -0.25) is 4.79 Å². The number of nitrogens with one attached hydrogen (secondary N) is 2. The SMILES string of the molecule is CC(Nc1nc(C2CCCO2)[nH]c(=O)c1CCO)c1ccc(C(F)(F)F)cc1. The van der Waals surface area contributed by atoms with Crippen LogP contribution >= 0.6 is 0 Å². The Kier molecular flexibility index (Phi) is 6.04. The van der Waals surface area contributed by atoms with E-state index in [4.69, 9.17) is 4.74 Å². The summed E-state index contributed by atoms with van der Waals surface area (Å²) in [4.78, 5) is 19.6. The van der Waals surface area contributed by atoms with E-state index >= 15 is 0 Å². The lowest BCUT2D eigenvalue weighted by molar-refractivity contribution is -0.137. The van der Waals surface area contributed by atoms with Gasteiger partial charge in [0.05, 0.1) is 11.1 Å². The fourth-order valence-corrected chi connectivity index (χ4v) is 3.17. The van der Waals surface area contributed by atoms with Gasteiger partial charge in [0.15, 0.2) is 0 Å². The van der Waals surface area contributed by atoms with E-state index < -0.39 is 17.8 Å². The van der Waals surface area contributed by atoms with Crippen molar-refractivity contribution in [3.8, 4) is 0 Å². The van der Waals surface area contributed by atoms with Crippen LogP contribution in [0, 0.1) is 0 Å². The number of H-pyrrole nitrogens is 1. The molecule has 0 spiro atoms. The first kappa shape index (κ1) is 20.3. The van der Waals surface area contributed by atoms with Gasteiger partial charge in [0.25, 0.3) is 5.56 Å². The number of aliphatic hydroxyl groups excluding tert-OH is 1. The maximum absolute atomic E-state index is 12.7. The van der Waals surface area contributed by atoms with Crippen LogP contribution in [0.2, 0.25) is 0 Å². The van der Waals surface area contributed by atoms with Gasteiger partial charge in [0, 0.05) is 25.7 Å². The van der Waals surface area contributed by atoms with Crippen LogP contribution in [0.3, 0.4) is 0 Å². The topological polar surface area (TPSA) is 87.2 Å². The van der Waals surface area contributed by atoms with Crippen LogP contribution in [-0.4, -0.2) is 28.3 Å². The molecule has 0 amide bonds. The Labute approximate surface area is 159 Å². The van der Waals surface area contributed by atoms with E-state index in [0.29, 0.717) is 29.4 Å². The highest BCUT2D eigenvalue weighted by atomic mass is 19.4. The monoisotopic (exact) mass is 397 g/mol. The zero-order valence-electron chi connectivity index (χ0n) is 15.3. The summed E-state index contributed by atoms with van der Waals surface area (Å²) in [7, 11) is 0. The zero-order valence-corrected chi connectivity index (χ0v) is 15.3. The van der Waals surface area contributed by atoms with Gasteiger partial charge in [0.1, 0.15) is 17.7 Å². The third kappa shape index (κ3) is 4.53. The Bertz CT molecular complexity index is 859. The smallest absolute Gasteiger partial charge is 0.396 e. The number of alkyl halides is 3. The van der Waals surface area contributed by atoms with Gasteiger partial charge in [-0.05, 0) is 37.5 Å². The molecule has 28 heavy (non-hydrogen) atoms. The molecule has 1 aliphatic heterocycles. The highest BCUT2D eigenvalue weighted by Gasteiger charge is 2.30. The molecule has 152 valence electrons. The summed E-state index contributed by atoms with van der Waals surface area (Å²) in [5.74, 6) is 0.710. The maximum atomic E-state index is 12.7. The molecule has 0 radical (unpaired) electrons. The van der Waals surface area contributed by atoms with Crippen molar-refractivity contribution in [2.75, 3.05) is 18.5 Å². The molecule has 0 aliphatic carbocycles. The van der Waals surface area contributed by atoms with Crippen molar-refractivity contribution >= 4 is 5.82 Å². The Morgan fingerprint density at radius 2 is 2.07 bits per heavy atom. The van der Waals surface area contributed by atoms with Crippen LogP contribution in [0.5, 0.6) is 0 Å². The van der Waals surface area contributed by atoms with Crippen LogP contribution < -0.4 is 10.9 Å². The summed E-state index contributed by atoms with van der Waals surface area (Å²) in [5.41, 5.74) is -0.178. The third-order valence-corrected chi connectivity index (χ3v) is 4.72. The average molecular weight is 397 g/mol. The molecular formula is C19H22F3N3O3. The number of aromatic amines is 1. The van der Waals surface area contributed by atoms with E-state index in [1.165, 1.54) is 12.1 Å². The number of hydrogen-bond donors (Lipinski definition) is 3. The van der Waals surface area contributed by atoms with Gasteiger partial charge in [-0.2, -0.15) is 13.2 Å². The van der Waals surface area contributed by atoms with Crippen molar-refractivity contribution in [3.63, 3.8) is 0 Å². The van der Waals surface area contributed by atoms with E-state index in [0.717, 1.165) is 25.0 Å². The van der Waals surface area contributed by atoms with Gasteiger partial charge in [-0.15, -0.1) is 0 Å². The summed E-state index contributed by atoms with van der Waals surface area (Å²) in [6.45, 7) is 2.13. The molecule has 9 heteroatoms. The number of nitrogens with zero attached hydrogens (tertiary/aromatic N) is 1. The number of aromatic nitrogens is 2. The number of hydrogen-bond acceptors (Lipinski definition) is 5. The lowest BCUT2D eigenvalue weighted by Crippen LogP contribution is -2.23. The summed E-state index contributed by atoms with van der Waals surface area (Å²) < 4.78 is 43.8. The molecule has 6 nitrogen and oxygen atoms in total. The quantitative estimate of drug-likeness (QED) is 0.696. The Balaban J connectivity index is 1.87. The molecule has 1 aromatic carbocycles. The molecular weight excluding hydrogens is 375 g/mol. The number of halogens is 3. The Morgan fingerprint density at radius 1 is 1.36 bits per heavy atom. The standard InChI is InChI=1S/C19H22F3N3O3/c1-11(12-4-6-13(7-5-12)19(20,21)22)23-16-14(8-9-26)18(27)25-17(24-16)15-3-2-10-28-15/h4-7,11,15,26H,2-3,8-10H2,1H3,(H2,23,24,25,27). The van der Waals surface area contributed by atoms with Crippen molar-refractivity contribution < 1.29 is 23.0 Å². The molecule has 2 unspecified atom stereocenters. The maximum Gasteiger partial charge on any atom is 0.416 e. The van der Waals surface area contributed by atoms with Crippen molar-refractivity contribution in [2.24, 2.45) is 0 Å². The van der Waals surface area contributed by atoms with E-state index in [-0.39, 0.29) is 24.7 Å². The van der Waals surface area contributed by atoms with Crippen molar-refractivity contribution in [1.29, 1.82) is 0 Å². The van der Waals surface area contributed by atoms with Gasteiger partial charge in [-0.1, -0.05) is 12.1 Å². The van der Waals surface area contributed by atoms with Gasteiger partial charge >= 0.3 is 6.18 Å². The second-order valence-electron chi connectivity index (χ2n) is 6.74. The molecule has 2 heterocycles. The Morgan fingerprint density at radius 3 is 2.64 bits per heavy atom. The number of ether oxygens (including phenoxy) is 1. The van der Waals surface area contributed by atoms with Crippen LogP contribution in [-0.2, 0) is 17.3 Å². The molecule has 1 fully saturated rings. The van der Waals surface area contributed by atoms with Gasteiger partial charge < -0.3 is 20.1 Å². The molecule has 3 N–H and O–H groups in total. The summed E-state index contributed by atoms with van der Waals surface area (Å²) in [5, 5.41) is 12.4. The van der Waals surface area contributed by atoms with Crippen molar-refractivity contribution in [3.05, 3.63) is 57.1 Å². The van der Waals surface area contributed by atoms with Crippen molar-refractivity contribution in [1.82, 2.24) is 9.97 Å². The lowest BCUT2D eigenvalue weighted by atomic mass is 10.1. The molecule has 1 aliphatic rings. The largest absolute Gasteiger partial charge is 0.416 e. The van der Waals surface area contributed by atoms with Crippen LogP contribution in [0.4, 0.5) is 19.0 Å². The number of anilines is 1. The molecule has 0 saturated carbocycles. The van der Waals surface area contributed by atoms with Gasteiger partial charge in [0.2, 0.25) is 0 Å². The molecule has 2 aromatic rings. The molecule has 3 rings (SSSR count). The minimum Gasteiger partial charge on any atom is -0.396 e. The number of rotatable bonds is 6. The van der Waals surface area contributed by atoms with Gasteiger partial charge in [-0.25, -0.2) is 4.98 Å². The minimum absolute atomic E-state index is 0.107. The average Bonchev–Trinajstić information content (AvgIpc) is 3.18. The summed E-state index contributed by atoms with van der Waals surface area (Å²) in [6.07, 6.45) is -2.96. The van der Waals surface area contributed by atoms with Crippen LogP contribution in [0.15, 0.2) is 29.1 Å². The van der Waals surface area contributed by atoms with Crippen LogP contribution in [0.1, 0.15) is 54.4 Å². The number of aliphatic hydroxyl groups is 1. The first-order valence-electron chi connectivity index (χ1n) is 9.09. The van der Waals surface area contributed by atoms with Crippen molar-refractivity contribution in [2.45, 2.75) is 44.5 Å². The highest BCUT2D eigenvalue weighted by Crippen LogP contribution is 2.31. The summed E-state index contributed by atoms with van der Waals surface area (Å²) >= 11 is 0. The highest BCUT2D eigenvalue weighted by molar-refractivity contribution is 5.46. The molecule has 0 bridgehead atoms. The van der Waals surface area contributed by atoms with E-state index in [1.807, 2.05) is 0 Å². The Hall–Kier alpha value is -2.39. The fourth-order valence-electron chi connectivity index (χ4n) is 3.17. The molecule has 1 aromatic heterocycles. The third-order valence-electron chi connectivity index (χ3n) is 4.72. The first-order valence-corrected chi connectivity index (χ1v) is 9.09. The second kappa shape index (κ2) is 8.32. The zero-order chi connectivity index (χ0) is 20.3. The van der Waals surface area contributed by atoms with E-state index in [1.54, 1.807) is 6.92 Å². The summed E-state index contributed by atoms with van der Waals surface area (Å²) in [6, 6.07) is 4.42. The second-order valence-corrected chi connectivity index (χ2v) is 6.74. The lowest BCUT2D eigenvalue weighted by Gasteiger charge is -2.19. The predicted octanol–water partition coefficient (Wildman–Crippen LogP) is 3.35. The first-order chi connectivity index (χ1) is 13.3. The van der Waals surface area contributed by atoms with Crippen LogP contribution in [0.25, 0.3) is 0 Å². The minimum atomic E-state index is -4.39. The van der Waals surface area contributed by atoms with E-state index in [2.05, 4.69) is 15.3 Å².